The van der Waals surface area contributed by atoms with Gasteiger partial charge in [0.25, 0.3) is 5.69 Å². The van der Waals surface area contributed by atoms with E-state index in [1.54, 1.807) is 0 Å². The number of halogens is 1. The lowest BCUT2D eigenvalue weighted by Crippen LogP contribution is -2.28. The minimum absolute atomic E-state index is 0.116. The van der Waals surface area contributed by atoms with Crippen molar-refractivity contribution in [2.75, 3.05) is 7.11 Å². The highest BCUT2D eigenvalue weighted by molar-refractivity contribution is 9.10. The molecule has 0 atom stereocenters. The van der Waals surface area contributed by atoms with E-state index in [-0.39, 0.29) is 16.0 Å². The fourth-order valence-corrected chi connectivity index (χ4v) is 1.22. The SMILES string of the molecule is COc1cc([N+](=O)[O-])c(Br)c[n+]1[O-]. The summed E-state index contributed by atoms with van der Waals surface area (Å²) in [6.45, 7) is 0. The Morgan fingerprint density at radius 2 is 2.31 bits per heavy atom. The highest BCUT2D eigenvalue weighted by Crippen LogP contribution is 2.25. The molecule has 1 aromatic heterocycles. The first-order chi connectivity index (χ1) is 6.06. The average Bonchev–Trinajstić information content (AvgIpc) is 2.03. The molecule has 1 rings (SSSR count). The molecule has 0 radical (unpaired) electrons. The van der Waals surface area contributed by atoms with Crippen LogP contribution < -0.4 is 9.47 Å². The molecule has 0 aliphatic heterocycles. The van der Waals surface area contributed by atoms with Crippen LogP contribution in [0.4, 0.5) is 5.69 Å². The lowest BCUT2D eigenvalue weighted by molar-refractivity contribution is -0.613. The third kappa shape index (κ3) is 1.86. The zero-order valence-corrected chi connectivity index (χ0v) is 8.15. The molecule has 0 spiro atoms. The van der Waals surface area contributed by atoms with Crippen LogP contribution in [-0.2, 0) is 0 Å². The molecule has 1 aromatic rings. The second kappa shape index (κ2) is 3.56. The molecule has 70 valence electrons. The fraction of sp³-hybridized carbons (Fsp3) is 0.167. The molecule has 6 nitrogen and oxygen atoms in total. The van der Waals surface area contributed by atoms with Crippen LogP contribution >= 0.6 is 15.9 Å². The predicted molar refractivity (Wildman–Crippen MR) is 46.3 cm³/mol. The van der Waals surface area contributed by atoms with Crippen molar-refractivity contribution in [2.45, 2.75) is 0 Å². The maximum absolute atomic E-state index is 11.0. The van der Waals surface area contributed by atoms with Gasteiger partial charge in [0.15, 0.2) is 4.47 Å². The van der Waals surface area contributed by atoms with Crippen LogP contribution in [-0.4, -0.2) is 12.0 Å². The number of pyridine rings is 1. The number of rotatable bonds is 2. The van der Waals surface area contributed by atoms with E-state index >= 15 is 0 Å². The van der Waals surface area contributed by atoms with E-state index in [2.05, 4.69) is 20.7 Å². The zero-order valence-electron chi connectivity index (χ0n) is 6.56. The Balaban J connectivity index is 3.30. The number of nitro groups is 1. The maximum Gasteiger partial charge on any atom is 0.386 e. The minimum Gasteiger partial charge on any atom is -0.616 e. The summed E-state index contributed by atoms with van der Waals surface area (Å²) in [4.78, 5) is 9.81. The van der Waals surface area contributed by atoms with Crippen molar-refractivity contribution in [3.63, 3.8) is 0 Å². The van der Waals surface area contributed by atoms with Gasteiger partial charge in [0.2, 0.25) is 6.20 Å². The van der Waals surface area contributed by atoms with Crippen molar-refractivity contribution in [3.05, 3.63) is 32.1 Å². The first kappa shape index (κ1) is 9.72. The van der Waals surface area contributed by atoms with Gasteiger partial charge in [-0.15, -0.1) is 4.73 Å². The van der Waals surface area contributed by atoms with Crippen LogP contribution in [0, 0.1) is 15.3 Å². The second-order valence-electron chi connectivity index (χ2n) is 2.13. The number of nitrogens with zero attached hydrogens (tertiary/aromatic N) is 2. The summed E-state index contributed by atoms with van der Waals surface area (Å²) in [5.74, 6) is -0.116. The third-order valence-electron chi connectivity index (χ3n) is 1.36. The monoisotopic (exact) mass is 248 g/mol. The molecule has 0 amide bonds. The molecule has 1 heterocycles. The van der Waals surface area contributed by atoms with Gasteiger partial charge in [-0.05, 0) is 15.9 Å². The van der Waals surface area contributed by atoms with Crippen molar-refractivity contribution in [1.82, 2.24) is 0 Å². The molecule has 0 aliphatic rings. The van der Waals surface area contributed by atoms with Gasteiger partial charge in [-0.1, -0.05) is 0 Å². The van der Waals surface area contributed by atoms with Gasteiger partial charge in [0, 0.05) is 0 Å². The van der Waals surface area contributed by atoms with Crippen LogP contribution in [0.15, 0.2) is 16.7 Å². The van der Waals surface area contributed by atoms with Crippen molar-refractivity contribution in [2.24, 2.45) is 0 Å². The summed E-state index contributed by atoms with van der Waals surface area (Å²) in [5.41, 5.74) is -0.205. The number of ether oxygens (including phenoxy) is 1. The van der Waals surface area contributed by atoms with E-state index in [4.69, 9.17) is 0 Å². The summed E-state index contributed by atoms with van der Waals surface area (Å²) in [6, 6.07) is 1.05. The maximum atomic E-state index is 11.0. The third-order valence-corrected chi connectivity index (χ3v) is 1.97. The Morgan fingerprint density at radius 1 is 1.69 bits per heavy atom. The van der Waals surface area contributed by atoms with Gasteiger partial charge >= 0.3 is 5.88 Å². The largest absolute Gasteiger partial charge is 0.616 e. The Hall–Kier alpha value is -1.37. The van der Waals surface area contributed by atoms with E-state index in [1.807, 2.05) is 0 Å². The normalized spacial score (nSPS) is 9.69. The Labute approximate surface area is 81.6 Å². The van der Waals surface area contributed by atoms with Crippen LogP contribution in [0.5, 0.6) is 5.88 Å². The highest BCUT2D eigenvalue weighted by atomic mass is 79.9. The first-order valence-corrected chi connectivity index (χ1v) is 3.96. The van der Waals surface area contributed by atoms with Crippen molar-refractivity contribution in [3.8, 4) is 5.88 Å². The Morgan fingerprint density at radius 3 is 2.77 bits per heavy atom. The van der Waals surface area contributed by atoms with Gasteiger partial charge < -0.3 is 9.94 Å². The number of hydrogen-bond donors (Lipinski definition) is 0. The van der Waals surface area contributed by atoms with Crippen LogP contribution in [0.1, 0.15) is 0 Å². The first-order valence-electron chi connectivity index (χ1n) is 3.17. The topological polar surface area (TPSA) is 79.3 Å². The smallest absolute Gasteiger partial charge is 0.386 e. The summed E-state index contributed by atoms with van der Waals surface area (Å²) >= 11 is 2.89. The molecular formula is C6H5BrN2O4. The van der Waals surface area contributed by atoms with Gasteiger partial charge in [-0.2, -0.15) is 0 Å². The average molecular weight is 249 g/mol. The molecule has 0 bridgehead atoms. The van der Waals surface area contributed by atoms with E-state index in [0.29, 0.717) is 4.73 Å². The summed E-state index contributed by atoms with van der Waals surface area (Å²) < 4.78 is 5.13. The van der Waals surface area contributed by atoms with Gasteiger partial charge in [-0.3, -0.25) is 10.1 Å². The molecule has 13 heavy (non-hydrogen) atoms. The van der Waals surface area contributed by atoms with Crippen molar-refractivity contribution >= 4 is 21.6 Å². The van der Waals surface area contributed by atoms with E-state index < -0.39 is 4.92 Å². The van der Waals surface area contributed by atoms with E-state index in [1.165, 1.54) is 7.11 Å². The molecule has 0 unspecified atom stereocenters. The lowest BCUT2D eigenvalue weighted by Gasteiger charge is -2.02. The summed E-state index contributed by atoms with van der Waals surface area (Å²) in [6.07, 6.45) is 1.02. The van der Waals surface area contributed by atoms with Crippen LogP contribution in [0.2, 0.25) is 0 Å². The summed E-state index contributed by atoms with van der Waals surface area (Å²) in [5, 5.41) is 21.4. The zero-order chi connectivity index (χ0) is 10.0. The minimum atomic E-state index is -0.605. The lowest BCUT2D eigenvalue weighted by atomic mass is 10.4. The molecule has 0 saturated heterocycles. The molecule has 0 saturated carbocycles. The van der Waals surface area contributed by atoms with Crippen LogP contribution in [0.25, 0.3) is 0 Å². The Bertz CT molecular complexity index is 355. The molecule has 0 aromatic carbocycles. The molecule has 0 aliphatic carbocycles. The van der Waals surface area contributed by atoms with E-state index in [0.717, 1.165) is 12.3 Å². The van der Waals surface area contributed by atoms with Gasteiger partial charge in [-0.25, -0.2) is 0 Å². The van der Waals surface area contributed by atoms with E-state index in [9.17, 15) is 15.3 Å². The van der Waals surface area contributed by atoms with Crippen LogP contribution in [0.3, 0.4) is 0 Å². The predicted octanol–water partition coefficient (Wildman–Crippen LogP) is 0.999. The Kier molecular flexibility index (Phi) is 2.66. The number of hydrogen-bond acceptors (Lipinski definition) is 4. The van der Waals surface area contributed by atoms with Gasteiger partial charge in [0.05, 0.1) is 12.0 Å². The fourth-order valence-electron chi connectivity index (χ4n) is 0.771. The molecule has 0 fully saturated rings. The van der Waals surface area contributed by atoms with Crippen molar-refractivity contribution in [1.29, 1.82) is 0 Å². The second-order valence-corrected chi connectivity index (χ2v) is 2.99. The number of aromatic nitrogens is 1. The summed E-state index contributed by atoms with van der Waals surface area (Å²) in [7, 11) is 1.27. The highest BCUT2D eigenvalue weighted by Gasteiger charge is 2.19. The molecule has 0 N–H and O–H groups in total. The van der Waals surface area contributed by atoms with Gasteiger partial charge in [0.1, 0.15) is 6.07 Å². The molecule has 7 heteroatoms. The standard InChI is InChI=1S/C6H5BrN2O4/c1-13-6-2-5(9(11)12)4(7)3-8(6)10/h2-3H,1H3. The number of methoxy groups -OCH3 is 1. The van der Waals surface area contributed by atoms with Crippen molar-refractivity contribution < 1.29 is 14.4 Å². The quantitative estimate of drug-likeness (QED) is 0.339. The molecular weight excluding hydrogens is 244 g/mol.